The van der Waals surface area contributed by atoms with Crippen molar-refractivity contribution in [3.63, 3.8) is 0 Å². The van der Waals surface area contributed by atoms with Crippen molar-refractivity contribution in [3.8, 4) is 0 Å². The Morgan fingerprint density at radius 2 is 2.23 bits per heavy atom. The fraction of sp³-hybridized carbons (Fsp3) is 0.111. The first-order valence-electron chi connectivity index (χ1n) is 3.76. The minimum Gasteiger partial charge on any atom is -0.399 e. The Labute approximate surface area is 90.7 Å². The van der Waals surface area contributed by atoms with Gasteiger partial charge in [-0.15, -0.1) is 35.7 Å². The maximum absolute atomic E-state index is 5.78. The van der Waals surface area contributed by atoms with Crippen molar-refractivity contribution < 1.29 is 0 Å². The van der Waals surface area contributed by atoms with Crippen molar-refractivity contribution in [2.75, 3.05) is 12.0 Å². The summed E-state index contributed by atoms with van der Waals surface area (Å²) in [6.07, 6.45) is 2.05. The van der Waals surface area contributed by atoms with Crippen LogP contribution in [0.4, 0.5) is 5.69 Å². The number of thioether (sulfide) groups is 1. The van der Waals surface area contributed by atoms with Crippen molar-refractivity contribution in [1.82, 2.24) is 0 Å². The van der Waals surface area contributed by atoms with Crippen LogP contribution >= 0.6 is 35.7 Å². The van der Waals surface area contributed by atoms with Gasteiger partial charge in [-0.1, -0.05) is 0 Å². The van der Waals surface area contributed by atoms with Crippen LogP contribution in [0.25, 0.3) is 10.1 Å². The lowest BCUT2D eigenvalue weighted by Crippen LogP contribution is -1.84. The highest BCUT2D eigenvalue weighted by molar-refractivity contribution is 7.98. The van der Waals surface area contributed by atoms with Gasteiger partial charge in [0.1, 0.15) is 0 Å². The van der Waals surface area contributed by atoms with Crippen LogP contribution < -0.4 is 5.73 Å². The molecule has 0 saturated carbocycles. The molecule has 0 fully saturated rings. The van der Waals surface area contributed by atoms with E-state index < -0.39 is 0 Å². The van der Waals surface area contributed by atoms with Gasteiger partial charge in [-0.25, -0.2) is 0 Å². The SMILES string of the molecule is CSc1cc(N)cc2scc(S)c12. The second-order valence-electron chi connectivity index (χ2n) is 2.72. The van der Waals surface area contributed by atoms with E-state index in [2.05, 4.69) is 18.9 Å². The van der Waals surface area contributed by atoms with Gasteiger partial charge in [0.2, 0.25) is 0 Å². The van der Waals surface area contributed by atoms with E-state index in [9.17, 15) is 0 Å². The molecule has 1 heterocycles. The van der Waals surface area contributed by atoms with Crippen LogP contribution in [-0.2, 0) is 0 Å². The third kappa shape index (κ3) is 1.54. The molecule has 0 saturated heterocycles. The summed E-state index contributed by atoms with van der Waals surface area (Å²) in [7, 11) is 0. The molecule has 0 aliphatic carbocycles. The topological polar surface area (TPSA) is 26.0 Å². The molecule has 0 aliphatic rings. The lowest BCUT2D eigenvalue weighted by molar-refractivity contribution is 1.51. The monoisotopic (exact) mass is 227 g/mol. The molecule has 1 aromatic carbocycles. The molecule has 1 aromatic heterocycles. The van der Waals surface area contributed by atoms with Crippen LogP contribution in [0.3, 0.4) is 0 Å². The first-order chi connectivity index (χ1) is 6.22. The smallest absolute Gasteiger partial charge is 0.0386 e. The van der Waals surface area contributed by atoms with E-state index >= 15 is 0 Å². The van der Waals surface area contributed by atoms with Crippen LogP contribution in [0.2, 0.25) is 0 Å². The molecule has 0 bridgehead atoms. The quantitative estimate of drug-likeness (QED) is 0.443. The molecule has 13 heavy (non-hydrogen) atoms. The zero-order chi connectivity index (χ0) is 9.42. The number of fused-ring (bicyclic) bond motifs is 1. The number of nitrogens with two attached hydrogens (primary N) is 1. The van der Waals surface area contributed by atoms with Crippen molar-refractivity contribution in [1.29, 1.82) is 0 Å². The molecule has 4 heteroatoms. The van der Waals surface area contributed by atoms with Gasteiger partial charge in [0, 0.05) is 30.9 Å². The van der Waals surface area contributed by atoms with Crippen LogP contribution in [0.1, 0.15) is 0 Å². The van der Waals surface area contributed by atoms with Gasteiger partial charge in [0.25, 0.3) is 0 Å². The zero-order valence-electron chi connectivity index (χ0n) is 7.07. The standard InChI is InChI=1S/C9H9NS3/c1-12-7-2-5(10)3-8-9(7)6(11)4-13-8/h2-4,11H,10H2,1H3. The van der Waals surface area contributed by atoms with Crippen LogP contribution in [-0.4, -0.2) is 6.26 Å². The van der Waals surface area contributed by atoms with Crippen LogP contribution in [0, 0.1) is 0 Å². The van der Waals surface area contributed by atoms with Crippen molar-refractivity contribution in [3.05, 3.63) is 17.5 Å². The number of benzene rings is 1. The Bertz CT molecular complexity index is 447. The minimum atomic E-state index is 0.826. The van der Waals surface area contributed by atoms with E-state index in [0.717, 1.165) is 10.6 Å². The summed E-state index contributed by atoms with van der Waals surface area (Å²) in [6.45, 7) is 0. The molecule has 0 spiro atoms. The first-order valence-corrected chi connectivity index (χ1v) is 6.31. The molecule has 0 atom stereocenters. The van der Waals surface area contributed by atoms with Crippen molar-refractivity contribution >= 4 is 51.5 Å². The second-order valence-corrected chi connectivity index (χ2v) is 4.96. The maximum Gasteiger partial charge on any atom is 0.0386 e. The van der Waals surface area contributed by atoms with Crippen LogP contribution in [0.5, 0.6) is 0 Å². The third-order valence-electron chi connectivity index (χ3n) is 1.86. The Morgan fingerprint density at radius 1 is 1.46 bits per heavy atom. The normalized spacial score (nSPS) is 10.9. The average Bonchev–Trinajstić information content (AvgIpc) is 2.46. The van der Waals surface area contributed by atoms with Gasteiger partial charge in [-0.3, -0.25) is 0 Å². The summed E-state index contributed by atoms with van der Waals surface area (Å²) >= 11 is 7.81. The van der Waals surface area contributed by atoms with Gasteiger partial charge in [-0.2, -0.15) is 0 Å². The second kappa shape index (κ2) is 3.44. The fourth-order valence-electron chi connectivity index (χ4n) is 1.29. The zero-order valence-corrected chi connectivity index (χ0v) is 9.60. The Kier molecular flexibility index (Phi) is 2.45. The van der Waals surface area contributed by atoms with Crippen molar-refractivity contribution in [2.45, 2.75) is 9.79 Å². The van der Waals surface area contributed by atoms with E-state index in [0.29, 0.717) is 0 Å². The predicted octanol–water partition coefficient (Wildman–Crippen LogP) is 3.49. The number of hydrogen-bond acceptors (Lipinski definition) is 4. The van der Waals surface area contributed by atoms with E-state index in [-0.39, 0.29) is 0 Å². The highest BCUT2D eigenvalue weighted by Gasteiger charge is 2.06. The highest BCUT2D eigenvalue weighted by Crippen LogP contribution is 2.37. The molecule has 68 valence electrons. The number of thiophene rings is 1. The molecule has 2 rings (SSSR count). The molecular weight excluding hydrogens is 218 g/mol. The Balaban J connectivity index is 2.85. The molecule has 2 aromatic rings. The van der Waals surface area contributed by atoms with Gasteiger partial charge in [0.15, 0.2) is 0 Å². The first kappa shape index (κ1) is 9.24. The number of hydrogen-bond donors (Lipinski definition) is 2. The van der Waals surface area contributed by atoms with Gasteiger partial charge in [-0.05, 0) is 18.4 Å². The van der Waals surface area contributed by atoms with E-state index in [1.807, 2.05) is 17.5 Å². The molecule has 2 N–H and O–H groups in total. The Morgan fingerprint density at radius 3 is 2.92 bits per heavy atom. The van der Waals surface area contributed by atoms with Crippen LogP contribution in [0.15, 0.2) is 27.3 Å². The summed E-state index contributed by atoms with van der Waals surface area (Å²) in [5.74, 6) is 0. The molecular formula is C9H9NS3. The summed E-state index contributed by atoms with van der Waals surface area (Å²) in [5.41, 5.74) is 6.60. The lowest BCUT2D eigenvalue weighted by Gasteiger charge is -2.02. The molecule has 0 radical (unpaired) electrons. The number of anilines is 1. The minimum absolute atomic E-state index is 0.826. The summed E-state index contributed by atoms with van der Waals surface area (Å²) < 4.78 is 1.22. The molecule has 1 nitrogen and oxygen atoms in total. The Hall–Kier alpha value is -0.320. The van der Waals surface area contributed by atoms with E-state index in [1.54, 1.807) is 23.1 Å². The molecule has 0 amide bonds. The van der Waals surface area contributed by atoms with Gasteiger partial charge < -0.3 is 5.73 Å². The number of nitrogen functional groups attached to an aromatic ring is 1. The maximum atomic E-state index is 5.78. The van der Waals surface area contributed by atoms with Crippen molar-refractivity contribution in [2.24, 2.45) is 0 Å². The fourth-order valence-corrected chi connectivity index (χ4v) is 3.49. The number of rotatable bonds is 1. The largest absolute Gasteiger partial charge is 0.399 e. The summed E-state index contributed by atoms with van der Waals surface area (Å²) in [4.78, 5) is 2.26. The lowest BCUT2D eigenvalue weighted by atomic mass is 10.2. The number of thiol groups is 1. The predicted molar refractivity (Wildman–Crippen MR) is 65.3 cm³/mol. The molecule has 0 unspecified atom stereocenters. The van der Waals surface area contributed by atoms with Gasteiger partial charge >= 0.3 is 0 Å². The third-order valence-corrected chi connectivity index (χ3v) is 4.08. The summed E-state index contributed by atoms with van der Waals surface area (Å²) in [6, 6.07) is 4.00. The van der Waals surface area contributed by atoms with E-state index in [4.69, 9.17) is 5.73 Å². The van der Waals surface area contributed by atoms with Gasteiger partial charge in [0.05, 0.1) is 0 Å². The molecule has 0 aliphatic heterocycles. The highest BCUT2D eigenvalue weighted by atomic mass is 32.2. The summed E-state index contributed by atoms with van der Waals surface area (Å²) in [5, 5.41) is 3.28. The average molecular weight is 227 g/mol. The van der Waals surface area contributed by atoms with E-state index in [1.165, 1.54) is 15.0 Å².